The lowest BCUT2D eigenvalue weighted by Crippen LogP contribution is -2.30. The Labute approximate surface area is 116 Å². The molecule has 1 aliphatic rings. The van der Waals surface area contributed by atoms with Crippen molar-refractivity contribution in [2.75, 3.05) is 0 Å². The average molecular weight is 273 g/mol. The highest BCUT2D eigenvalue weighted by Gasteiger charge is 2.38. The van der Waals surface area contributed by atoms with Gasteiger partial charge in [0.05, 0.1) is 6.04 Å². The smallest absolute Gasteiger partial charge is 0.257 e. The summed E-state index contributed by atoms with van der Waals surface area (Å²) in [5.41, 5.74) is 2.49. The summed E-state index contributed by atoms with van der Waals surface area (Å²) in [5, 5.41) is 12.4. The van der Waals surface area contributed by atoms with Crippen LogP contribution >= 0.6 is 11.3 Å². The van der Waals surface area contributed by atoms with Gasteiger partial charge in [0.1, 0.15) is 0 Å². The molecule has 0 radical (unpaired) electrons. The Kier molecular flexibility index (Phi) is 2.92. The van der Waals surface area contributed by atoms with Crippen LogP contribution in [0.15, 0.2) is 35.7 Å². The third-order valence-electron chi connectivity index (χ3n) is 3.55. The van der Waals surface area contributed by atoms with E-state index < -0.39 is 6.23 Å². The molecule has 98 valence electrons. The maximum atomic E-state index is 12.4. The second kappa shape index (κ2) is 4.47. The first-order chi connectivity index (χ1) is 9.09. The van der Waals surface area contributed by atoms with Crippen molar-refractivity contribution in [2.45, 2.75) is 26.1 Å². The minimum absolute atomic E-state index is 0.0957. The summed E-state index contributed by atoms with van der Waals surface area (Å²) in [4.78, 5) is 15.0. The summed E-state index contributed by atoms with van der Waals surface area (Å²) in [6.45, 7) is 3.99. The van der Waals surface area contributed by atoms with E-state index in [4.69, 9.17) is 0 Å². The second-order valence-corrected chi connectivity index (χ2v) is 5.82. The fourth-order valence-electron chi connectivity index (χ4n) is 2.51. The molecule has 0 fully saturated rings. The molecule has 2 aromatic rings. The van der Waals surface area contributed by atoms with Crippen LogP contribution in [0.1, 0.15) is 45.6 Å². The van der Waals surface area contributed by atoms with Gasteiger partial charge in [-0.2, -0.15) is 0 Å². The van der Waals surface area contributed by atoms with Crippen LogP contribution in [0.25, 0.3) is 0 Å². The fourth-order valence-corrected chi connectivity index (χ4v) is 3.47. The Morgan fingerprint density at radius 2 is 2.11 bits per heavy atom. The highest BCUT2D eigenvalue weighted by molar-refractivity contribution is 7.10. The van der Waals surface area contributed by atoms with Gasteiger partial charge in [0.2, 0.25) is 0 Å². The molecule has 0 saturated carbocycles. The van der Waals surface area contributed by atoms with E-state index in [1.54, 1.807) is 22.3 Å². The zero-order chi connectivity index (χ0) is 13.6. The third-order valence-corrected chi connectivity index (χ3v) is 4.77. The number of aliphatic hydroxyl groups is 1. The molecule has 2 heterocycles. The molecule has 1 N–H and O–H groups in total. The van der Waals surface area contributed by atoms with Crippen molar-refractivity contribution in [3.63, 3.8) is 0 Å². The van der Waals surface area contributed by atoms with Crippen LogP contribution in [-0.2, 0) is 0 Å². The molecule has 1 aromatic carbocycles. The SMILES string of the molecule is Cc1csc(C(C)N2C(=O)c3ccccc3C2O)c1. The van der Waals surface area contributed by atoms with Gasteiger partial charge in [-0.05, 0) is 36.9 Å². The molecular weight excluding hydrogens is 258 g/mol. The van der Waals surface area contributed by atoms with Crippen LogP contribution in [0.4, 0.5) is 0 Å². The van der Waals surface area contributed by atoms with Gasteiger partial charge < -0.3 is 10.0 Å². The molecule has 4 heteroatoms. The quantitative estimate of drug-likeness (QED) is 0.912. The summed E-state index contributed by atoms with van der Waals surface area (Å²) in [5.74, 6) is -0.0957. The number of hydrogen-bond acceptors (Lipinski definition) is 3. The zero-order valence-corrected chi connectivity index (χ0v) is 11.6. The van der Waals surface area contributed by atoms with Gasteiger partial charge >= 0.3 is 0 Å². The first-order valence-electron chi connectivity index (χ1n) is 6.24. The molecular formula is C15H15NO2S. The van der Waals surface area contributed by atoms with Crippen molar-refractivity contribution in [1.82, 2.24) is 4.90 Å². The molecule has 2 atom stereocenters. The number of aryl methyl sites for hydroxylation is 1. The lowest BCUT2D eigenvalue weighted by Gasteiger charge is -2.27. The van der Waals surface area contributed by atoms with E-state index in [1.165, 1.54) is 5.56 Å². The largest absolute Gasteiger partial charge is 0.369 e. The minimum atomic E-state index is -0.846. The van der Waals surface area contributed by atoms with E-state index in [0.29, 0.717) is 11.1 Å². The zero-order valence-electron chi connectivity index (χ0n) is 10.8. The van der Waals surface area contributed by atoms with Crippen molar-refractivity contribution in [1.29, 1.82) is 0 Å². The normalized spacial score (nSPS) is 19.6. The van der Waals surface area contributed by atoms with E-state index in [0.717, 1.165) is 4.88 Å². The van der Waals surface area contributed by atoms with Crippen molar-refractivity contribution in [3.8, 4) is 0 Å². The average Bonchev–Trinajstić information content (AvgIpc) is 2.94. The van der Waals surface area contributed by atoms with Gasteiger partial charge in [0, 0.05) is 16.0 Å². The van der Waals surface area contributed by atoms with Crippen LogP contribution in [0.2, 0.25) is 0 Å². The highest BCUT2D eigenvalue weighted by Crippen LogP contribution is 2.39. The van der Waals surface area contributed by atoms with Crippen molar-refractivity contribution in [3.05, 3.63) is 57.3 Å². The topological polar surface area (TPSA) is 40.5 Å². The van der Waals surface area contributed by atoms with Crippen LogP contribution in [0.3, 0.4) is 0 Å². The number of carbonyl (C=O) groups is 1. The van der Waals surface area contributed by atoms with Crippen molar-refractivity contribution < 1.29 is 9.90 Å². The maximum absolute atomic E-state index is 12.4. The van der Waals surface area contributed by atoms with E-state index in [-0.39, 0.29) is 11.9 Å². The fraction of sp³-hybridized carbons (Fsp3) is 0.267. The number of thiophene rings is 1. The Balaban J connectivity index is 1.97. The molecule has 0 aliphatic carbocycles. The van der Waals surface area contributed by atoms with E-state index >= 15 is 0 Å². The number of nitrogens with zero attached hydrogens (tertiary/aromatic N) is 1. The number of aliphatic hydroxyl groups excluding tert-OH is 1. The molecule has 1 amide bonds. The summed E-state index contributed by atoms with van der Waals surface area (Å²) >= 11 is 1.62. The summed E-state index contributed by atoms with van der Waals surface area (Å²) < 4.78 is 0. The Morgan fingerprint density at radius 1 is 1.37 bits per heavy atom. The molecule has 0 bridgehead atoms. The second-order valence-electron chi connectivity index (χ2n) is 4.88. The molecule has 1 aromatic heterocycles. The molecule has 3 nitrogen and oxygen atoms in total. The van der Waals surface area contributed by atoms with Crippen LogP contribution in [0, 0.1) is 6.92 Å². The van der Waals surface area contributed by atoms with Crippen LogP contribution in [0.5, 0.6) is 0 Å². The van der Waals surface area contributed by atoms with E-state index in [9.17, 15) is 9.90 Å². The number of benzene rings is 1. The van der Waals surface area contributed by atoms with E-state index in [2.05, 4.69) is 11.4 Å². The van der Waals surface area contributed by atoms with Gasteiger partial charge in [-0.15, -0.1) is 11.3 Å². The summed E-state index contributed by atoms with van der Waals surface area (Å²) in [6, 6.07) is 9.20. The standard InChI is InChI=1S/C15H15NO2S/c1-9-7-13(19-8-9)10(2)16-14(17)11-5-3-4-6-12(11)15(16)18/h3-8,10,14,17H,1-2H3. The van der Waals surface area contributed by atoms with Gasteiger partial charge in [-0.1, -0.05) is 18.2 Å². The van der Waals surface area contributed by atoms with Crippen LogP contribution in [-0.4, -0.2) is 15.9 Å². The monoisotopic (exact) mass is 273 g/mol. The molecule has 19 heavy (non-hydrogen) atoms. The lowest BCUT2D eigenvalue weighted by atomic mass is 10.1. The van der Waals surface area contributed by atoms with Crippen LogP contribution < -0.4 is 0 Å². The lowest BCUT2D eigenvalue weighted by molar-refractivity contribution is 0.000330. The Morgan fingerprint density at radius 3 is 2.74 bits per heavy atom. The van der Waals surface area contributed by atoms with Gasteiger partial charge in [0.25, 0.3) is 5.91 Å². The van der Waals surface area contributed by atoms with E-state index in [1.807, 2.05) is 32.0 Å². The first kappa shape index (κ1) is 12.4. The number of amides is 1. The molecule has 0 saturated heterocycles. The predicted octanol–water partition coefficient (Wildman–Crippen LogP) is 3.26. The summed E-state index contributed by atoms with van der Waals surface area (Å²) in [6.07, 6.45) is -0.846. The Bertz CT molecular complexity index is 635. The number of carbonyl (C=O) groups excluding carboxylic acids is 1. The van der Waals surface area contributed by atoms with Crippen molar-refractivity contribution >= 4 is 17.2 Å². The molecule has 0 spiro atoms. The minimum Gasteiger partial charge on any atom is -0.369 e. The number of fused-ring (bicyclic) bond motifs is 1. The predicted molar refractivity (Wildman–Crippen MR) is 75.0 cm³/mol. The number of rotatable bonds is 2. The van der Waals surface area contributed by atoms with Gasteiger partial charge in [0.15, 0.2) is 6.23 Å². The molecule has 1 aliphatic heterocycles. The first-order valence-corrected chi connectivity index (χ1v) is 7.12. The number of hydrogen-bond donors (Lipinski definition) is 1. The maximum Gasteiger partial charge on any atom is 0.257 e. The summed E-state index contributed by atoms with van der Waals surface area (Å²) in [7, 11) is 0. The molecule has 2 unspecified atom stereocenters. The molecule has 3 rings (SSSR count). The van der Waals surface area contributed by atoms with Gasteiger partial charge in [-0.25, -0.2) is 0 Å². The van der Waals surface area contributed by atoms with Crippen molar-refractivity contribution in [2.24, 2.45) is 0 Å². The third kappa shape index (κ3) is 1.88. The van der Waals surface area contributed by atoms with Gasteiger partial charge in [-0.3, -0.25) is 4.79 Å². The highest BCUT2D eigenvalue weighted by atomic mass is 32.1. The Hall–Kier alpha value is -1.65.